The molecule has 9 nitrogen and oxygen atoms in total. The van der Waals surface area contributed by atoms with Crippen molar-refractivity contribution in [1.82, 2.24) is 15.0 Å². The molecule has 11 heteroatoms. The minimum atomic E-state index is -1.03. The highest BCUT2D eigenvalue weighted by atomic mass is 19.1. The van der Waals surface area contributed by atoms with E-state index in [9.17, 15) is 13.6 Å². The van der Waals surface area contributed by atoms with E-state index in [1.165, 1.54) is 43.8 Å². The zero-order valence-electron chi connectivity index (χ0n) is 17.8. The van der Waals surface area contributed by atoms with Gasteiger partial charge in [0.05, 0.1) is 30.5 Å². The quantitative estimate of drug-likeness (QED) is 0.403. The third-order valence-electron chi connectivity index (χ3n) is 4.71. The van der Waals surface area contributed by atoms with Crippen molar-refractivity contribution in [1.29, 1.82) is 0 Å². The zero-order chi connectivity index (χ0) is 24.2. The fraction of sp³-hybridized carbons (Fsp3) is 0.130. The number of nitrogens with zero attached hydrogens (tertiary/aromatic N) is 3. The number of pyridine rings is 3. The molecule has 3 N–H and O–H groups in total. The summed E-state index contributed by atoms with van der Waals surface area (Å²) in [6.45, 7) is -0.206. The number of aliphatic hydroxyl groups excluding tert-OH is 1. The molecule has 34 heavy (non-hydrogen) atoms. The molecule has 0 unspecified atom stereocenters. The van der Waals surface area contributed by atoms with Gasteiger partial charge in [0.15, 0.2) is 28.9 Å². The smallest absolute Gasteiger partial charge is 0.257 e. The maximum Gasteiger partial charge on any atom is 0.257 e. The highest BCUT2D eigenvalue weighted by Gasteiger charge is 2.20. The molecule has 0 atom stereocenters. The third kappa shape index (κ3) is 4.41. The van der Waals surface area contributed by atoms with Gasteiger partial charge in [0.25, 0.3) is 11.8 Å². The first kappa shape index (κ1) is 22.8. The predicted molar refractivity (Wildman–Crippen MR) is 117 cm³/mol. The van der Waals surface area contributed by atoms with Crippen LogP contribution in [0.25, 0.3) is 22.3 Å². The summed E-state index contributed by atoms with van der Waals surface area (Å²) >= 11 is 0. The van der Waals surface area contributed by atoms with Gasteiger partial charge in [-0.3, -0.25) is 14.8 Å². The Kier molecular flexibility index (Phi) is 6.46. The fourth-order valence-electron chi connectivity index (χ4n) is 3.24. The number of hydrogen-bond acceptors (Lipinski definition) is 8. The molecule has 0 radical (unpaired) electrons. The van der Waals surface area contributed by atoms with E-state index in [0.29, 0.717) is 5.52 Å². The molecule has 1 amide bonds. The number of ether oxygens (including phenoxy) is 3. The maximum absolute atomic E-state index is 15.0. The molecule has 3 heterocycles. The molecule has 0 saturated carbocycles. The second kappa shape index (κ2) is 9.63. The summed E-state index contributed by atoms with van der Waals surface area (Å²) in [5, 5.41) is 8.98. The van der Waals surface area contributed by atoms with Crippen molar-refractivity contribution < 1.29 is 32.9 Å². The Morgan fingerprint density at radius 1 is 1.09 bits per heavy atom. The lowest BCUT2D eigenvalue weighted by Gasteiger charge is -2.14. The number of methoxy groups -OCH3 is 1. The summed E-state index contributed by atoms with van der Waals surface area (Å²) in [6, 6.07) is 7.78. The third-order valence-corrected chi connectivity index (χ3v) is 4.71. The number of primary amides is 1. The molecular weight excluding hydrogens is 450 g/mol. The number of aromatic nitrogens is 3. The first-order valence-electron chi connectivity index (χ1n) is 9.92. The Labute approximate surface area is 191 Å². The van der Waals surface area contributed by atoms with E-state index in [1.54, 1.807) is 0 Å². The van der Waals surface area contributed by atoms with Crippen molar-refractivity contribution in [2.75, 3.05) is 20.3 Å². The summed E-state index contributed by atoms with van der Waals surface area (Å²) in [6.07, 6.45) is 2.75. The van der Waals surface area contributed by atoms with Crippen molar-refractivity contribution in [2.24, 2.45) is 5.73 Å². The van der Waals surface area contributed by atoms with Gasteiger partial charge >= 0.3 is 0 Å². The summed E-state index contributed by atoms with van der Waals surface area (Å²) in [4.78, 5) is 24.1. The maximum atomic E-state index is 15.0. The number of aliphatic hydroxyl groups is 1. The number of carbonyl (C=O) groups excluding carboxylic acids is 1. The molecule has 0 aliphatic heterocycles. The summed E-state index contributed by atoms with van der Waals surface area (Å²) in [7, 11) is 1.37. The second-order valence-electron chi connectivity index (χ2n) is 6.88. The van der Waals surface area contributed by atoms with Gasteiger partial charge < -0.3 is 25.1 Å². The van der Waals surface area contributed by atoms with E-state index in [-0.39, 0.29) is 52.9 Å². The number of hydrogen-bond donors (Lipinski definition) is 2. The Morgan fingerprint density at radius 3 is 2.53 bits per heavy atom. The SMILES string of the molecule is COc1nc2c(Oc3c(F)cc(-c4ncccc4C(N)=O)cc3F)ccnc2cc1OCCO. The van der Waals surface area contributed by atoms with Crippen molar-refractivity contribution in [3.8, 4) is 34.4 Å². The Morgan fingerprint density at radius 2 is 1.85 bits per heavy atom. The summed E-state index contributed by atoms with van der Waals surface area (Å²) < 4.78 is 46.0. The van der Waals surface area contributed by atoms with E-state index < -0.39 is 23.3 Å². The van der Waals surface area contributed by atoms with Crippen LogP contribution < -0.4 is 19.9 Å². The highest BCUT2D eigenvalue weighted by Crippen LogP contribution is 2.37. The van der Waals surface area contributed by atoms with E-state index in [0.717, 1.165) is 12.1 Å². The van der Waals surface area contributed by atoms with Crippen LogP contribution in [0.5, 0.6) is 23.1 Å². The van der Waals surface area contributed by atoms with Crippen LogP contribution >= 0.6 is 0 Å². The number of nitrogens with two attached hydrogens (primary N) is 1. The van der Waals surface area contributed by atoms with Crippen molar-refractivity contribution in [2.45, 2.75) is 0 Å². The number of amides is 1. The van der Waals surface area contributed by atoms with Gasteiger partial charge in [-0.25, -0.2) is 13.8 Å². The van der Waals surface area contributed by atoms with E-state index >= 15 is 0 Å². The van der Waals surface area contributed by atoms with Gasteiger partial charge in [0.2, 0.25) is 0 Å². The summed E-state index contributed by atoms with van der Waals surface area (Å²) in [5.74, 6) is -3.21. The normalized spacial score (nSPS) is 10.8. The molecule has 0 fully saturated rings. The second-order valence-corrected chi connectivity index (χ2v) is 6.88. The van der Waals surface area contributed by atoms with Crippen molar-refractivity contribution >= 4 is 16.9 Å². The van der Waals surface area contributed by atoms with E-state index in [4.69, 9.17) is 25.1 Å². The Balaban J connectivity index is 1.75. The average Bonchev–Trinajstić information content (AvgIpc) is 2.84. The van der Waals surface area contributed by atoms with Crippen LogP contribution in [0, 0.1) is 11.6 Å². The van der Waals surface area contributed by atoms with E-state index in [1.807, 2.05) is 0 Å². The van der Waals surface area contributed by atoms with Crippen LogP contribution in [-0.4, -0.2) is 46.3 Å². The van der Waals surface area contributed by atoms with Crippen LogP contribution in [0.3, 0.4) is 0 Å². The number of rotatable bonds is 8. The molecule has 0 saturated heterocycles. The number of carbonyl (C=O) groups is 1. The molecular formula is C23H18F2N4O5. The monoisotopic (exact) mass is 468 g/mol. The fourth-order valence-corrected chi connectivity index (χ4v) is 3.24. The topological polar surface area (TPSA) is 130 Å². The Hall–Kier alpha value is -4.38. The molecule has 174 valence electrons. The standard InChI is InChI=1S/C23H18F2N4O5/c1-32-23-18(33-8-7-30)11-16-20(29-23)17(4-6-27-16)34-21-14(24)9-12(10-15(21)25)19-13(22(26)31)3-2-5-28-19/h2-6,9-11,30H,7-8H2,1H3,(H2,26,31). The molecule has 0 aliphatic rings. The summed E-state index contributed by atoms with van der Waals surface area (Å²) in [5.41, 5.74) is 5.89. The minimum Gasteiger partial charge on any atom is -0.485 e. The number of halogens is 2. The van der Waals surface area contributed by atoms with Gasteiger partial charge in [-0.05, 0) is 24.3 Å². The van der Waals surface area contributed by atoms with Gasteiger partial charge in [0, 0.05) is 30.1 Å². The zero-order valence-corrected chi connectivity index (χ0v) is 17.8. The molecule has 3 aromatic heterocycles. The molecule has 4 rings (SSSR count). The lowest BCUT2D eigenvalue weighted by Crippen LogP contribution is -2.13. The first-order valence-corrected chi connectivity index (χ1v) is 9.92. The van der Waals surface area contributed by atoms with Crippen LogP contribution in [-0.2, 0) is 0 Å². The largest absolute Gasteiger partial charge is 0.485 e. The van der Waals surface area contributed by atoms with Crippen LogP contribution in [0.2, 0.25) is 0 Å². The number of fused-ring (bicyclic) bond motifs is 1. The van der Waals surface area contributed by atoms with Gasteiger partial charge in [-0.1, -0.05) is 0 Å². The van der Waals surface area contributed by atoms with Crippen molar-refractivity contribution in [3.63, 3.8) is 0 Å². The number of benzene rings is 1. The van der Waals surface area contributed by atoms with Gasteiger partial charge in [-0.15, -0.1) is 0 Å². The van der Waals surface area contributed by atoms with Gasteiger partial charge in [0.1, 0.15) is 12.1 Å². The van der Waals surface area contributed by atoms with Crippen molar-refractivity contribution in [3.05, 3.63) is 66.0 Å². The molecule has 0 aliphatic carbocycles. The average molecular weight is 468 g/mol. The first-order chi connectivity index (χ1) is 16.4. The van der Waals surface area contributed by atoms with E-state index in [2.05, 4.69) is 15.0 Å². The highest BCUT2D eigenvalue weighted by molar-refractivity contribution is 5.98. The van der Waals surface area contributed by atoms with Crippen LogP contribution in [0.1, 0.15) is 10.4 Å². The predicted octanol–water partition coefficient (Wildman–Crippen LogP) is 3.24. The van der Waals surface area contributed by atoms with Gasteiger partial charge in [-0.2, -0.15) is 0 Å². The molecule has 0 spiro atoms. The Bertz CT molecular complexity index is 1360. The molecule has 4 aromatic rings. The lowest BCUT2D eigenvalue weighted by molar-refractivity contribution is 0.100. The molecule has 1 aromatic carbocycles. The van der Waals surface area contributed by atoms with Crippen LogP contribution in [0.4, 0.5) is 8.78 Å². The lowest BCUT2D eigenvalue weighted by atomic mass is 10.0. The molecule has 0 bridgehead atoms. The minimum absolute atomic E-state index is 0.0102. The van der Waals surface area contributed by atoms with Crippen LogP contribution in [0.15, 0.2) is 48.8 Å².